The third-order valence-corrected chi connectivity index (χ3v) is 3.99. The van der Waals surface area contributed by atoms with Crippen molar-refractivity contribution in [3.63, 3.8) is 0 Å². The number of likely N-dealkylation sites (tertiary alicyclic amines) is 1. The van der Waals surface area contributed by atoms with Crippen molar-refractivity contribution in [3.8, 4) is 0 Å². The summed E-state index contributed by atoms with van der Waals surface area (Å²) in [5.74, 6) is -1.46. The van der Waals surface area contributed by atoms with Crippen LogP contribution in [0, 0.1) is 0 Å². The van der Waals surface area contributed by atoms with E-state index < -0.39 is 23.7 Å². The molecule has 1 aliphatic heterocycles. The average molecular weight is 334 g/mol. The largest absolute Gasteiger partial charge is 0.344 e. The Hall–Kier alpha value is -2.24. The van der Waals surface area contributed by atoms with Crippen molar-refractivity contribution in [3.05, 3.63) is 24.8 Å². The number of ketones is 2. The number of Topliss-reactive ketones (excluding diaryl/α,β-unsaturated/α-hetero) is 2. The molecule has 0 saturated carbocycles. The lowest BCUT2D eigenvalue weighted by molar-refractivity contribution is -0.139. The number of allylic oxidation sites excluding steroid dienone is 3. The number of nitrogens with one attached hydrogen (secondary N) is 1. The van der Waals surface area contributed by atoms with Crippen LogP contribution in [0.5, 0.6) is 0 Å². The topological polar surface area (TPSA) is 83.6 Å². The zero-order valence-corrected chi connectivity index (χ0v) is 14.2. The minimum absolute atomic E-state index is 0.0205. The number of nitrogens with zero attached hydrogens (tertiary/aromatic N) is 1. The van der Waals surface area contributed by atoms with Crippen molar-refractivity contribution < 1.29 is 19.2 Å². The van der Waals surface area contributed by atoms with E-state index >= 15 is 0 Å². The molecule has 0 aliphatic carbocycles. The molecular weight excluding hydrogens is 308 g/mol. The summed E-state index contributed by atoms with van der Waals surface area (Å²) < 4.78 is 0. The average Bonchev–Trinajstić information content (AvgIpc) is 3.06. The predicted octanol–water partition coefficient (Wildman–Crippen LogP) is 1.55. The third kappa shape index (κ3) is 5.76. The van der Waals surface area contributed by atoms with Gasteiger partial charge in [-0.25, -0.2) is 0 Å². The summed E-state index contributed by atoms with van der Waals surface area (Å²) in [7, 11) is 0. The van der Waals surface area contributed by atoms with Crippen molar-refractivity contribution in [2.24, 2.45) is 0 Å². The van der Waals surface area contributed by atoms with Gasteiger partial charge in [0.15, 0.2) is 0 Å². The SMILES string of the molecule is C=CC/C=C/CC(=O)C(=O)C(CCC)NC(=O)[C@@H]1CCCN1C=O. The van der Waals surface area contributed by atoms with E-state index in [-0.39, 0.29) is 12.3 Å². The Morgan fingerprint density at radius 2 is 2.08 bits per heavy atom. The van der Waals surface area contributed by atoms with Gasteiger partial charge in [0, 0.05) is 13.0 Å². The molecule has 1 N–H and O–H groups in total. The van der Waals surface area contributed by atoms with Crippen LogP contribution in [0.15, 0.2) is 24.8 Å². The van der Waals surface area contributed by atoms with Gasteiger partial charge in [0.25, 0.3) is 0 Å². The van der Waals surface area contributed by atoms with Gasteiger partial charge in [0.1, 0.15) is 6.04 Å². The molecule has 1 heterocycles. The van der Waals surface area contributed by atoms with E-state index in [4.69, 9.17) is 0 Å². The molecule has 2 amide bonds. The molecule has 2 atom stereocenters. The van der Waals surface area contributed by atoms with Crippen LogP contribution in [0.2, 0.25) is 0 Å². The first-order valence-electron chi connectivity index (χ1n) is 8.39. The number of carbonyl (C=O) groups excluding carboxylic acids is 4. The fourth-order valence-corrected chi connectivity index (χ4v) is 2.70. The van der Waals surface area contributed by atoms with Crippen LogP contribution in [-0.2, 0) is 19.2 Å². The molecule has 1 unspecified atom stereocenters. The van der Waals surface area contributed by atoms with Crippen LogP contribution >= 0.6 is 0 Å². The van der Waals surface area contributed by atoms with Crippen molar-refractivity contribution in [1.82, 2.24) is 10.2 Å². The molecule has 0 spiro atoms. The zero-order valence-electron chi connectivity index (χ0n) is 14.2. The standard InChI is InChI=1S/C18H26N2O4/c1-3-5-6-7-11-16(22)17(23)14(9-4-2)19-18(24)15-10-8-12-20(15)13-21/h3,6-7,13-15H,1,4-5,8-12H2,2H3,(H,19,24)/b7-6+/t14?,15-/m0/s1. The van der Waals surface area contributed by atoms with Crippen molar-refractivity contribution in [2.45, 2.75) is 57.5 Å². The first kappa shape index (κ1) is 19.8. The molecule has 0 aromatic heterocycles. The van der Waals surface area contributed by atoms with Crippen LogP contribution in [0.4, 0.5) is 0 Å². The summed E-state index contributed by atoms with van der Waals surface area (Å²) in [5, 5.41) is 2.66. The van der Waals surface area contributed by atoms with Gasteiger partial charge < -0.3 is 10.2 Å². The van der Waals surface area contributed by atoms with Gasteiger partial charge in [-0.2, -0.15) is 0 Å². The lowest BCUT2D eigenvalue weighted by Gasteiger charge is -2.22. The van der Waals surface area contributed by atoms with Crippen molar-refractivity contribution in [2.75, 3.05) is 6.54 Å². The Morgan fingerprint density at radius 1 is 1.33 bits per heavy atom. The van der Waals surface area contributed by atoms with Crippen LogP contribution in [0.3, 0.4) is 0 Å². The molecule has 0 aromatic rings. The number of hydrogen-bond donors (Lipinski definition) is 1. The Labute approximate surface area is 143 Å². The highest BCUT2D eigenvalue weighted by molar-refractivity contribution is 6.39. The summed E-state index contributed by atoms with van der Waals surface area (Å²) in [6.45, 7) is 5.99. The first-order valence-corrected chi connectivity index (χ1v) is 8.39. The summed E-state index contributed by atoms with van der Waals surface area (Å²) in [6.07, 6.45) is 8.83. The molecule has 132 valence electrons. The molecule has 6 nitrogen and oxygen atoms in total. The van der Waals surface area contributed by atoms with Crippen LogP contribution in [0.25, 0.3) is 0 Å². The maximum Gasteiger partial charge on any atom is 0.243 e. The van der Waals surface area contributed by atoms with Gasteiger partial charge in [-0.05, 0) is 25.7 Å². The van der Waals surface area contributed by atoms with E-state index in [0.717, 1.165) is 6.42 Å². The van der Waals surface area contributed by atoms with Gasteiger partial charge in [0.2, 0.25) is 23.9 Å². The Kier molecular flexibility index (Phi) is 8.68. The van der Waals surface area contributed by atoms with E-state index in [1.165, 1.54) is 4.90 Å². The van der Waals surface area contributed by atoms with E-state index in [1.54, 1.807) is 18.2 Å². The Bertz CT molecular complexity index is 513. The zero-order chi connectivity index (χ0) is 17.9. The number of hydrogen-bond acceptors (Lipinski definition) is 4. The van der Waals surface area contributed by atoms with E-state index in [2.05, 4.69) is 11.9 Å². The molecule has 1 rings (SSSR count). The molecule has 1 aliphatic rings. The number of amides is 2. The highest BCUT2D eigenvalue weighted by Crippen LogP contribution is 2.15. The maximum atomic E-state index is 12.3. The fraction of sp³-hybridized carbons (Fsp3) is 0.556. The smallest absolute Gasteiger partial charge is 0.243 e. The number of rotatable bonds is 11. The van der Waals surface area contributed by atoms with E-state index in [9.17, 15) is 19.2 Å². The third-order valence-electron chi connectivity index (χ3n) is 3.99. The lowest BCUT2D eigenvalue weighted by Crippen LogP contribution is -2.50. The summed E-state index contributed by atoms with van der Waals surface area (Å²) in [5.41, 5.74) is 0. The van der Waals surface area contributed by atoms with Gasteiger partial charge in [-0.1, -0.05) is 31.6 Å². The second-order valence-electron chi connectivity index (χ2n) is 5.84. The number of carbonyl (C=O) groups is 4. The molecule has 0 aromatic carbocycles. The Balaban J connectivity index is 2.66. The normalized spacial score (nSPS) is 18.4. The molecule has 6 heteroatoms. The van der Waals surface area contributed by atoms with Crippen LogP contribution < -0.4 is 5.32 Å². The maximum absolute atomic E-state index is 12.3. The second kappa shape index (κ2) is 10.5. The summed E-state index contributed by atoms with van der Waals surface area (Å²) >= 11 is 0. The molecule has 1 fully saturated rings. The highest BCUT2D eigenvalue weighted by atomic mass is 16.2. The first-order chi connectivity index (χ1) is 11.5. The van der Waals surface area contributed by atoms with Gasteiger partial charge in [-0.15, -0.1) is 6.58 Å². The highest BCUT2D eigenvalue weighted by Gasteiger charge is 2.33. The van der Waals surface area contributed by atoms with E-state index in [0.29, 0.717) is 38.6 Å². The van der Waals surface area contributed by atoms with Crippen LogP contribution in [-0.4, -0.2) is 47.4 Å². The molecule has 24 heavy (non-hydrogen) atoms. The molecule has 0 radical (unpaired) electrons. The second-order valence-corrected chi connectivity index (χ2v) is 5.84. The molecule has 0 bridgehead atoms. The summed E-state index contributed by atoms with van der Waals surface area (Å²) in [6, 6.07) is -1.37. The fourth-order valence-electron chi connectivity index (χ4n) is 2.70. The predicted molar refractivity (Wildman–Crippen MR) is 91.2 cm³/mol. The minimum Gasteiger partial charge on any atom is -0.344 e. The summed E-state index contributed by atoms with van der Waals surface area (Å²) in [4.78, 5) is 49.0. The van der Waals surface area contributed by atoms with Gasteiger partial charge >= 0.3 is 0 Å². The van der Waals surface area contributed by atoms with Gasteiger partial charge in [-0.3, -0.25) is 19.2 Å². The monoisotopic (exact) mass is 334 g/mol. The van der Waals surface area contributed by atoms with E-state index in [1.807, 2.05) is 6.92 Å². The van der Waals surface area contributed by atoms with Crippen molar-refractivity contribution in [1.29, 1.82) is 0 Å². The molecular formula is C18H26N2O4. The Morgan fingerprint density at radius 3 is 2.71 bits per heavy atom. The van der Waals surface area contributed by atoms with Crippen molar-refractivity contribution >= 4 is 23.9 Å². The quantitative estimate of drug-likeness (QED) is 0.353. The molecule has 1 saturated heterocycles. The lowest BCUT2D eigenvalue weighted by atomic mass is 10.0. The van der Waals surface area contributed by atoms with Crippen LogP contribution in [0.1, 0.15) is 45.4 Å². The minimum atomic E-state index is -0.822. The van der Waals surface area contributed by atoms with Gasteiger partial charge in [0.05, 0.1) is 6.04 Å².